The van der Waals surface area contributed by atoms with Gasteiger partial charge in [0, 0.05) is 31.1 Å². The van der Waals surface area contributed by atoms with Gasteiger partial charge in [0.2, 0.25) is 0 Å². The highest BCUT2D eigenvalue weighted by atomic mass is 35.5. The van der Waals surface area contributed by atoms with Crippen LogP contribution < -0.4 is 0 Å². The lowest BCUT2D eigenvalue weighted by molar-refractivity contribution is 0.405. The van der Waals surface area contributed by atoms with Crippen molar-refractivity contribution in [2.24, 2.45) is 9.98 Å². The number of unbranched alkanes of at least 4 members (excludes halogenated alkanes) is 1. The van der Waals surface area contributed by atoms with Gasteiger partial charge in [0.05, 0.1) is 11.7 Å². The van der Waals surface area contributed by atoms with Gasteiger partial charge in [0.25, 0.3) is 0 Å². The van der Waals surface area contributed by atoms with Crippen molar-refractivity contribution < 1.29 is 0 Å². The van der Waals surface area contributed by atoms with Crippen LogP contribution in [0.2, 0.25) is 0 Å². The molecule has 0 fully saturated rings. The Morgan fingerprint density at radius 3 is 2.67 bits per heavy atom. The van der Waals surface area contributed by atoms with E-state index < -0.39 is 0 Å². The summed E-state index contributed by atoms with van der Waals surface area (Å²) < 4.78 is 0. The smallest absolute Gasteiger partial charge is 0.168 e. The first kappa shape index (κ1) is 26.0. The quantitative estimate of drug-likeness (QED) is 0.404. The summed E-state index contributed by atoms with van der Waals surface area (Å²) in [7, 11) is 0. The largest absolute Gasteiger partial charge is 0.347 e. The number of hydrogen-bond acceptors (Lipinski definition) is 6. The average Bonchev–Trinajstić information content (AvgIpc) is 3.37. The van der Waals surface area contributed by atoms with Crippen LogP contribution in [-0.2, 0) is 13.0 Å². The van der Waals surface area contributed by atoms with Crippen LogP contribution in [-0.4, -0.2) is 45.0 Å². The highest BCUT2D eigenvalue weighted by molar-refractivity contribution is 8.17. The molecule has 3 aliphatic rings. The molecule has 0 aromatic heterocycles. The number of para-hydroxylation sites is 1. The summed E-state index contributed by atoms with van der Waals surface area (Å²) in [4.78, 5) is 14.9. The van der Waals surface area contributed by atoms with E-state index in [-0.39, 0.29) is 24.8 Å². The molecule has 2 aromatic rings. The number of halogens is 2. The molecule has 0 amide bonds. The first-order valence-corrected chi connectivity index (χ1v) is 13.0. The van der Waals surface area contributed by atoms with E-state index in [1.807, 2.05) is 11.8 Å². The number of nitrogens with zero attached hydrogens (tertiary/aromatic N) is 4. The maximum Gasteiger partial charge on any atom is 0.168 e. The van der Waals surface area contributed by atoms with Gasteiger partial charge < -0.3 is 9.80 Å². The molecular formula is C25H30Cl2N4S2. The number of thioether (sulfide) groups is 2. The summed E-state index contributed by atoms with van der Waals surface area (Å²) in [6, 6.07) is 19.6. The van der Waals surface area contributed by atoms with Crippen molar-refractivity contribution in [1.82, 2.24) is 9.80 Å². The first-order valence-electron chi connectivity index (χ1n) is 11.1. The van der Waals surface area contributed by atoms with Gasteiger partial charge in [-0.05, 0) is 35.4 Å². The van der Waals surface area contributed by atoms with Gasteiger partial charge in [-0.1, -0.05) is 85.4 Å². The molecule has 3 aliphatic heterocycles. The van der Waals surface area contributed by atoms with Gasteiger partial charge in [-0.3, -0.25) is 4.99 Å². The van der Waals surface area contributed by atoms with Crippen molar-refractivity contribution in [3.63, 3.8) is 0 Å². The number of aliphatic imine (C=N–C) groups is 2. The molecule has 1 atom stereocenters. The summed E-state index contributed by atoms with van der Waals surface area (Å²) in [6.07, 6.45) is 3.41. The Balaban J connectivity index is 0.00000153. The van der Waals surface area contributed by atoms with E-state index in [1.165, 1.54) is 29.7 Å². The minimum absolute atomic E-state index is 0. The Morgan fingerprint density at radius 2 is 1.85 bits per heavy atom. The second kappa shape index (κ2) is 12.2. The van der Waals surface area contributed by atoms with Crippen molar-refractivity contribution in [1.29, 1.82) is 0 Å². The lowest BCUT2D eigenvalue weighted by Crippen LogP contribution is -2.32. The van der Waals surface area contributed by atoms with Crippen LogP contribution >= 0.6 is 48.3 Å². The second-order valence-corrected chi connectivity index (χ2v) is 9.96. The summed E-state index contributed by atoms with van der Waals surface area (Å²) in [5.41, 5.74) is 5.18. The van der Waals surface area contributed by atoms with E-state index in [0.29, 0.717) is 6.04 Å². The van der Waals surface area contributed by atoms with Crippen LogP contribution in [0.5, 0.6) is 0 Å². The van der Waals surface area contributed by atoms with Gasteiger partial charge in [0.15, 0.2) is 10.3 Å². The SMILES string of the molecule is CCCCN1Cc2ccccc2N=C1SCC1=CSC2=NC(Cc3ccccc3)CN12.Cl.Cl. The molecule has 33 heavy (non-hydrogen) atoms. The van der Waals surface area contributed by atoms with E-state index in [4.69, 9.17) is 9.98 Å². The van der Waals surface area contributed by atoms with Crippen LogP contribution in [0.25, 0.3) is 0 Å². The van der Waals surface area contributed by atoms with E-state index >= 15 is 0 Å². The van der Waals surface area contributed by atoms with Crippen LogP contribution in [0.15, 0.2) is 75.7 Å². The van der Waals surface area contributed by atoms with Crippen LogP contribution in [0.4, 0.5) is 5.69 Å². The predicted molar refractivity (Wildman–Crippen MR) is 150 cm³/mol. The number of amidine groups is 2. The molecule has 0 saturated carbocycles. The Hall–Kier alpha value is -1.60. The molecule has 8 heteroatoms. The molecule has 5 rings (SSSR count). The third-order valence-electron chi connectivity index (χ3n) is 5.85. The van der Waals surface area contributed by atoms with Crippen molar-refractivity contribution in [2.75, 3.05) is 18.8 Å². The second-order valence-electron chi connectivity index (χ2n) is 8.18. The van der Waals surface area contributed by atoms with Crippen molar-refractivity contribution in [3.8, 4) is 0 Å². The van der Waals surface area contributed by atoms with E-state index in [0.717, 1.165) is 47.8 Å². The van der Waals surface area contributed by atoms with Gasteiger partial charge in [-0.2, -0.15) is 0 Å². The number of fused-ring (bicyclic) bond motifs is 2. The third-order valence-corrected chi connectivity index (χ3v) is 7.82. The average molecular weight is 522 g/mol. The summed E-state index contributed by atoms with van der Waals surface area (Å²) in [5.74, 6) is 0.938. The molecule has 1 unspecified atom stereocenters. The highest BCUT2D eigenvalue weighted by Crippen LogP contribution is 2.36. The molecule has 0 bridgehead atoms. The zero-order valence-electron chi connectivity index (χ0n) is 18.7. The monoisotopic (exact) mass is 520 g/mol. The molecule has 0 saturated heterocycles. The Labute approximate surface area is 217 Å². The zero-order chi connectivity index (χ0) is 21.0. The molecular weight excluding hydrogens is 491 g/mol. The van der Waals surface area contributed by atoms with Gasteiger partial charge >= 0.3 is 0 Å². The molecule has 0 spiro atoms. The van der Waals surface area contributed by atoms with Crippen molar-refractivity contribution in [3.05, 3.63) is 76.8 Å². The first-order chi connectivity index (χ1) is 15.3. The minimum atomic E-state index is 0. The molecule has 0 N–H and O–H groups in total. The van der Waals surface area contributed by atoms with Crippen LogP contribution in [0.1, 0.15) is 30.9 Å². The Morgan fingerprint density at radius 1 is 1.06 bits per heavy atom. The van der Waals surface area contributed by atoms with Gasteiger partial charge in [-0.25, -0.2) is 4.99 Å². The molecule has 2 aromatic carbocycles. The van der Waals surface area contributed by atoms with Crippen molar-refractivity contribution in [2.45, 2.75) is 38.8 Å². The Kier molecular flexibility index (Phi) is 9.62. The standard InChI is InChI=1S/C25H28N4S2.2ClH/c1-2-3-13-28-15-20-11-7-8-12-23(20)27-24(28)30-17-22-18-31-25-26-21(16-29(22)25)14-19-9-5-4-6-10-19;;/h4-12,18,21H,2-3,13-17H2,1H3;2*1H. The third kappa shape index (κ3) is 6.10. The fraction of sp³-hybridized carbons (Fsp3) is 0.360. The Bertz CT molecular complexity index is 1030. The molecule has 3 heterocycles. The fourth-order valence-electron chi connectivity index (χ4n) is 4.17. The topological polar surface area (TPSA) is 31.2 Å². The lowest BCUT2D eigenvalue weighted by Gasteiger charge is -2.30. The van der Waals surface area contributed by atoms with E-state index in [9.17, 15) is 0 Å². The molecule has 0 aliphatic carbocycles. The molecule has 4 nitrogen and oxygen atoms in total. The summed E-state index contributed by atoms with van der Waals surface area (Å²) in [5, 5.41) is 4.59. The zero-order valence-corrected chi connectivity index (χ0v) is 22.0. The normalized spacial score (nSPS) is 18.5. The summed E-state index contributed by atoms with van der Waals surface area (Å²) >= 11 is 3.64. The number of hydrogen-bond donors (Lipinski definition) is 0. The van der Waals surface area contributed by atoms with Crippen molar-refractivity contribution >= 4 is 64.4 Å². The van der Waals surface area contributed by atoms with Gasteiger partial charge in [0.1, 0.15) is 0 Å². The summed E-state index contributed by atoms with van der Waals surface area (Å²) in [6.45, 7) is 5.27. The number of benzene rings is 2. The van der Waals surface area contributed by atoms with E-state index in [2.05, 4.69) is 76.7 Å². The molecule has 176 valence electrons. The fourth-order valence-corrected chi connectivity index (χ4v) is 6.27. The lowest BCUT2D eigenvalue weighted by atomic mass is 10.1. The van der Waals surface area contributed by atoms with Crippen LogP contribution in [0.3, 0.4) is 0 Å². The predicted octanol–water partition coefficient (Wildman–Crippen LogP) is 6.74. The number of rotatable bonds is 7. The minimum Gasteiger partial charge on any atom is -0.347 e. The maximum atomic E-state index is 5.02. The maximum absolute atomic E-state index is 5.02. The molecule has 0 radical (unpaired) electrons. The van der Waals surface area contributed by atoms with E-state index in [1.54, 1.807) is 11.8 Å². The van der Waals surface area contributed by atoms with Crippen LogP contribution in [0, 0.1) is 0 Å². The van der Waals surface area contributed by atoms with Gasteiger partial charge in [-0.15, -0.1) is 24.8 Å². The highest BCUT2D eigenvalue weighted by Gasteiger charge is 2.32.